The average molecular weight is 407 g/mol. The van der Waals surface area contributed by atoms with Crippen LogP contribution in [0.2, 0.25) is 0 Å². The van der Waals surface area contributed by atoms with Gasteiger partial charge in [-0.2, -0.15) is 0 Å². The van der Waals surface area contributed by atoms with Crippen molar-refractivity contribution in [3.8, 4) is 0 Å². The molecule has 2 amide bonds. The van der Waals surface area contributed by atoms with Crippen molar-refractivity contribution in [2.45, 2.75) is 25.7 Å². The Labute approximate surface area is 155 Å². The summed E-state index contributed by atoms with van der Waals surface area (Å²) >= 11 is 3.39. The molecule has 3 saturated carbocycles. The Morgan fingerprint density at radius 2 is 1.68 bits per heavy atom. The van der Waals surface area contributed by atoms with Crippen LogP contribution < -0.4 is 10.6 Å². The lowest BCUT2D eigenvalue weighted by Gasteiger charge is -2.29. The summed E-state index contributed by atoms with van der Waals surface area (Å²) in [5.74, 6) is 0.00921. The molecule has 6 heteroatoms. The minimum absolute atomic E-state index is 0.0371. The number of aliphatic hydroxyl groups excluding tert-OH is 1. The summed E-state index contributed by atoms with van der Waals surface area (Å²) < 4.78 is 0.962. The monoisotopic (exact) mass is 406 g/mol. The molecule has 3 fully saturated rings. The van der Waals surface area contributed by atoms with Crippen LogP contribution in [-0.4, -0.2) is 30.1 Å². The first-order valence-corrected chi connectivity index (χ1v) is 9.81. The lowest BCUT2D eigenvalue weighted by atomic mass is 9.78. The first-order valence-electron chi connectivity index (χ1n) is 9.02. The molecule has 1 aromatic carbocycles. The Morgan fingerprint density at radius 3 is 2.24 bits per heavy atom. The minimum Gasteiger partial charge on any atom is -0.395 e. The lowest BCUT2D eigenvalue weighted by molar-refractivity contribution is -0.134. The van der Waals surface area contributed by atoms with E-state index in [1.54, 1.807) is 0 Å². The summed E-state index contributed by atoms with van der Waals surface area (Å²) in [5, 5.41) is 14.8. The predicted octanol–water partition coefficient (Wildman–Crippen LogP) is 2.55. The highest BCUT2D eigenvalue weighted by atomic mass is 79.9. The van der Waals surface area contributed by atoms with Gasteiger partial charge >= 0.3 is 0 Å². The number of rotatable bonds is 5. The van der Waals surface area contributed by atoms with Gasteiger partial charge in [0.2, 0.25) is 11.8 Å². The number of nitrogens with one attached hydrogen (secondary N) is 2. The molecular formula is C19H23BrN2O3. The van der Waals surface area contributed by atoms with E-state index in [0.29, 0.717) is 11.8 Å². The fourth-order valence-electron chi connectivity index (χ4n) is 5.42. The Bertz CT molecular complexity index is 686. The first-order chi connectivity index (χ1) is 12.1. The van der Waals surface area contributed by atoms with Gasteiger partial charge in [0.05, 0.1) is 18.4 Å². The van der Waals surface area contributed by atoms with Crippen molar-refractivity contribution in [3.63, 3.8) is 0 Å². The van der Waals surface area contributed by atoms with Crippen LogP contribution >= 0.6 is 15.9 Å². The number of halogens is 1. The first kappa shape index (κ1) is 17.0. The van der Waals surface area contributed by atoms with Crippen LogP contribution in [0, 0.1) is 29.1 Å². The third-order valence-corrected chi connectivity index (χ3v) is 7.00. The summed E-state index contributed by atoms with van der Waals surface area (Å²) in [5.41, 5.74) is 0.985. The van der Waals surface area contributed by atoms with Gasteiger partial charge in [-0.25, -0.2) is 0 Å². The Kier molecular flexibility index (Phi) is 4.36. The number of carbonyl (C=O) groups excluding carboxylic acids is 2. The van der Waals surface area contributed by atoms with E-state index < -0.39 is 0 Å². The molecule has 134 valence electrons. The number of carbonyl (C=O) groups is 2. The van der Waals surface area contributed by atoms with Gasteiger partial charge in [0.15, 0.2) is 0 Å². The van der Waals surface area contributed by atoms with Crippen LogP contribution in [0.1, 0.15) is 25.7 Å². The Hall–Kier alpha value is -1.40. The van der Waals surface area contributed by atoms with Crippen LogP contribution in [-0.2, 0) is 9.59 Å². The molecule has 4 atom stereocenters. The predicted molar refractivity (Wildman–Crippen MR) is 97.7 cm³/mol. The molecule has 0 saturated heterocycles. The summed E-state index contributed by atoms with van der Waals surface area (Å²) in [6.07, 6.45) is 4.39. The van der Waals surface area contributed by atoms with Gasteiger partial charge in [-0.05, 0) is 67.2 Å². The molecule has 0 heterocycles. The Balaban J connectivity index is 1.56. The van der Waals surface area contributed by atoms with Crippen molar-refractivity contribution in [1.82, 2.24) is 5.32 Å². The quantitative estimate of drug-likeness (QED) is 0.702. The summed E-state index contributed by atoms with van der Waals surface area (Å²) in [4.78, 5) is 25.8. The zero-order chi connectivity index (χ0) is 17.6. The Morgan fingerprint density at radius 1 is 1.08 bits per heavy atom. The van der Waals surface area contributed by atoms with Gasteiger partial charge in [-0.15, -0.1) is 0 Å². The second-order valence-corrected chi connectivity index (χ2v) is 8.50. The number of benzene rings is 1. The number of anilines is 1. The van der Waals surface area contributed by atoms with Crippen LogP contribution in [0.4, 0.5) is 5.69 Å². The maximum atomic E-state index is 13.0. The van der Waals surface area contributed by atoms with E-state index >= 15 is 0 Å². The maximum Gasteiger partial charge on any atom is 0.228 e. The topological polar surface area (TPSA) is 78.4 Å². The standard InChI is InChI=1S/C19H23BrN2O3/c20-11-1-3-12(4-2-11)22-18(25)16-14-6-5-13(19(14)7-8-19)15(16)17(24)21-9-10-23/h1-4,13-16,23H,5-10H2,(H,21,24)(H,22,25)/t13-,14+,15+,16-/m1/s1. The molecule has 1 aromatic rings. The van der Waals surface area contributed by atoms with E-state index in [2.05, 4.69) is 26.6 Å². The molecule has 0 unspecified atom stereocenters. The highest BCUT2D eigenvalue weighted by molar-refractivity contribution is 9.10. The zero-order valence-corrected chi connectivity index (χ0v) is 15.6. The van der Waals surface area contributed by atoms with E-state index in [1.165, 1.54) is 0 Å². The largest absolute Gasteiger partial charge is 0.395 e. The molecule has 25 heavy (non-hydrogen) atoms. The summed E-state index contributed by atoms with van der Waals surface area (Å²) in [7, 11) is 0. The smallest absolute Gasteiger partial charge is 0.228 e. The van der Waals surface area contributed by atoms with Crippen LogP contribution in [0.25, 0.3) is 0 Å². The maximum absolute atomic E-state index is 13.0. The fourth-order valence-corrected chi connectivity index (χ4v) is 5.68. The molecule has 0 aromatic heterocycles. The second-order valence-electron chi connectivity index (χ2n) is 7.59. The minimum atomic E-state index is -0.261. The molecule has 0 aliphatic heterocycles. The van der Waals surface area contributed by atoms with Crippen molar-refractivity contribution in [1.29, 1.82) is 0 Å². The number of hydrogen-bond acceptors (Lipinski definition) is 3. The number of amides is 2. The van der Waals surface area contributed by atoms with Gasteiger partial charge in [0, 0.05) is 16.7 Å². The number of hydrogen-bond donors (Lipinski definition) is 3. The van der Waals surface area contributed by atoms with Crippen molar-refractivity contribution in [2.75, 3.05) is 18.5 Å². The molecule has 3 aliphatic carbocycles. The molecule has 1 spiro atoms. The van der Waals surface area contributed by atoms with E-state index in [-0.39, 0.29) is 42.2 Å². The van der Waals surface area contributed by atoms with Crippen LogP contribution in [0.3, 0.4) is 0 Å². The molecule has 5 nitrogen and oxygen atoms in total. The SMILES string of the molecule is O=C(NCCO)[C@@H]1[C@H](C(=O)Nc2ccc(Br)cc2)[C@@H]2CC[C@H]1C21CC1. The molecular weight excluding hydrogens is 384 g/mol. The third-order valence-electron chi connectivity index (χ3n) is 6.48. The molecule has 0 radical (unpaired) electrons. The average Bonchev–Trinajstić information content (AvgIpc) is 3.27. The van der Waals surface area contributed by atoms with E-state index in [0.717, 1.165) is 35.8 Å². The summed E-state index contributed by atoms with van der Waals surface area (Å²) in [6, 6.07) is 7.51. The highest BCUT2D eigenvalue weighted by Crippen LogP contribution is 2.74. The highest BCUT2D eigenvalue weighted by Gasteiger charge is 2.71. The van der Waals surface area contributed by atoms with Crippen molar-refractivity contribution in [3.05, 3.63) is 28.7 Å². The van der Waals surface area contributed by atoms with Gasteiger partial charge in [-0.3, -0.25) is 9.59 Å². The van der Waals surface area contributed by atoms with Gasteiger partial charge in [0.25, 0.3) is 0 Å². The van der Waals surface area contributed by atoms with Gasteiger partial charge < -0.3 is 15.7 Å². The fraction of sp³-hybridized carbons (Fsp3) is 0.579. The van der Waals surface area contributed by atoms with Crippen LogP contribution in [0.5, 0.6) is 0 Å². The molecule has 4 rings (SSSR count). The van der Waals surface area contributed by atoms with Crippen molar-refractivity contribution in [2.24, 2.45) is 29.1 Å². The second kappa shape index (κ2) is 6.40. The van der Waals surface area contributed by atoms with Crippen LogP contribution in [0.15, 0.2) is 28.7 Å². The molecule has 2 bridgehead atoms. The normalized spacial score (nSPS) is 31.1. The number of aliphatic hydroxyl groups is 1. The summed E-state index contributed by atoms with van der Waals surface area (Å²) in [6.45, 7) is 0.175. The van der Waals surface area contributed by atoms with Crippen molar-refractivity contribution >= 4 is 33.4 Å². The van der Waals surface area contributed by atoms with E-state index in [1.807, 2.05) is 24.3 Å². The zero-order valence-electron chi connectivity index (χ0n) is 14.0. The van der Waals surface area contributed by atoms with E-state index in [9.17, 15) is 9.59 Å². The van der Waals surface area contributed by atoms with Gasteiger partial charge in [0.1, 0.15) is 0 Å². The van der Waals surface area contributed by atoms with Crippen molar-refractivity contribution < 1.29 is 14.7 Å². The molecule has 3 N–H and O–H groups in total. The third kappa shape index (κ3) is 2.79. The van der Waals surface area contributed by atoms with Gasteiger partial charge in [-0.1, -0.05) is 15.9 Å². The van der Waals surface area contributed by atoms with E-state index in [4.69, 9.17) is 5.11 Å². The lowest BCUT2D eigenvalue weighted by Crippen LogP contribution is -2.43. The molecule has 3 aliphatic rings.